The number of aliphatic carboxylic acids is 1. The molecule has 0 rings (SSSR count). The van der Waals surface area contributed by atoms with E-state index in [1.807, 2.05) is 0 Å². The zero-order valence-electron chi connectivity index (χ0n) is 25.0. The van der Waals surface area contributed by atoms with Gasteiger partial charge in [-0.15, -0.1) is 0 Å². The number of hydrogen-bond donors (Lipinski definition) is 1. The van der Waals surface area contributed by atoms with Crippen LogP contribution in [0.4, 0.5) is 0 Å². The number of carboxylic acid groups (broad SMARTS) is 1. The van der Waals surface area contributed by atoms with Crippen LogP contribution in [0.5, 0.6) is 0 Å². The molecule has 0 saturated carbocycles. The first-order chi connectivity index (χ1) is 18.1. The number of carboxylic acids is 1. The molecule has 0 aliphatic carbocycles. The van der Waals surface area contributed by atoms with E-state index in [9.17, 15) is 9.59 Å². The fourth-order valence-electron chi connectivity index (χ4n) is 5.18. The predicted molar refractivity (Wildman–Crippen MR) is 158 cm³/mol. The Bertz CT molecular complexity index is 491. The van der Waals surface area contributed by atoms with Gasteiger partial charge in [-0.3, -0.25) is 9.59 Å². The Balaban J connectivity index is 3.40. The monoisotopic (exact) mass is 524 g/mol. The lowest BCUT2D eigenvalue weighted by molar-refractivity contribution is -0.150. The van der Waals surface area contributed by atoms with Gasteiger partial charge in [-0.25, -0.2) is 0 Å². The van der Waals surface area contributed by atoms with E-state index in [2.05, 4.69) is 13.8 Å². The molecular weight excluding hydrogens is 460 g/mol. The van der Waals surface area contributed by atoms with Gasteiger partial charge in [-0.05, 0) is 32.1 Å². The van der Waals surface area contributed by atoms with E-state index in [0.29, 0.717) is 12.8 Å². The van der Waals surface area contributed by atoms with Gasteiger partial charge < -0.3 is 9.84 Å². The highest BCUT2D eigenvalue weighted by Gasteiger charge is 2.13. The second kappa shape index (κ2) is 29.5. The van der Waals surface area contributed by atoms with Crippen LogP contribution in [0, 0.1) is 0 Å². The normalized spacial score (nSPS) is 12.1. The van der Waals surface area contributed by atoms with E-state index in [4.69, 9.17) is 9.84 Å². The van der Waals surface area contributed by atoms with Gasteiger partial charge in [0.25, 0.3) is 0 Å². The molecule has 1 atom stereocenters. The van der Waals surface area contributed by atoms with Gasteiger partial charge in [0, 0.05) is 12.8 Å². The first-order valence-electron chi connectivity index (χ1n) is 16.5. The van der Waals surface area contributed by atoms with Crippen molar-refractivity contribution in [2.45, 2.75) is 200 Å². The molecule has 37 heavy (non-hydrogen) atoms. The van der Waals surface area contributed by atoms with Crippen LogP contribution < -0.4 is 0 Å². The van der Waals surface area contributed by atoms with Crippen molar-refractivity contribution in [2.75, 3.05) is 0 Å². The van der Waals surface area contributed by atoms with Gasteiger partial charge in [0.2, 0.25) is 0 Å². The van der Waals surface area contributed by atoms with E-state index >= 15 is 0 Å². The minimum atomic E-state index is -0.730. The third-order valence-corrected chi connectivity index (χ3v) is 7.56. The second-order valence-corrected chi connectivity index (χ2v) is 11.4. The fraction of sp³-hybridized carbons (Fsp3) is 0.939. The number of carbonyl (C=O) groups is 2. The Morgan fingerprint density at radius 2 is 0.865 bits per heavy atom. The lowest BCUT2D eigenvalue weighted by Gasteiger charge is -2.17. The highest BCUT2D eigenvalue weighted by atomic mass is 16.5. The van der Waals surface area contributed by atoms with Crippen molar-refractivity contribution in [3.8, 4) is 0 Å². The Morgan fingerprint density at radius 3 is 1.27 bits per heavy atom. The molecule has 0 aliphatic rings. The molecule has 0 fully saturated rings. The average Bonchev–Trinajstić information content (AvgIpc) is 2.87. The second-order valence-electron chi connectivity index (χ2n) is 11.4. The fourth-order valence-corrected chi connectivity index (χ4v) is 5.18. The molecule has 0 bridgehead atoms. The smallest absolute Gasteiger partial charge is 0.306 e. The van der Waals surface area contributed by atoms with Crippen LogP contribution in [-0.2, 0) is 14.3 Å². The average molecular weight is 525 g/mol. The number of esters is 1. The molecule has 0 radical (unpaired) electrons. The topological polar surface area (TPSA) is 63.6 Å². The molecule has 0 aromatic carbocycles. The summed E-state index contributed by atoms with van der Waals surface area (Å²) in [4.78, 5) is 22.8. The SMILES string of the molecule is CCCCCCCCCCCCCCCCCCCCCCC(=O)OC(CCC)CCCCCC(=O)O. The predicted octanol–water partition coefficient (Wildman–Crippen LogP) is 10.9. The minimum Gasteiger partial charge on any atom is -0.481 e. The first-order valence-corrected chi connectivity index (χ1v) is 16.5. The summed E-state index contributed by atoms with van der Waals surface area (Å²) in [5.74, 6) is -0.780. The van der Waals surface area contributed by atoms with Gasteiger partial charge in [0.15, 0.2) is 0 Å². The number of carbonyl (C=O) groups excluding carboxylic acids is 1. The molecule has 0 aromatic heterocycles. The third-order valence-electron chi connectivity index (χ3n) is 7.56. The Morgan fingerprint density at radius 1 is 0.486 bits per heavy atom. The van der Waals surface area contributed by atoms with Crippen molar-refractivity contribution in [1.29, 1.82) is 0 Å². The van der Waals surface area contributed by atoms with Crippen molar-refractivity contribution in [1.82, 2.24) is 0 Å². The molecule has 0 heterocycles. The maximum atomic E-state index is 12.2. The van der Waals surface area contributed by atoms with Crippen molar-refractivity contribution in [3.63, 3.8) is 0 Å². The third kappa shape index (κ3) is 29.4. The summed E-state index contributed by atoms with van der Waals surface area (Å²) in [7, 11) is 0. The van der Waals surface area contributed by atoms with Gasteiger partial charge >= 0.3 is 11.9 Å². The summed E-state index contributed by atoms with van der Waals surface area (Å²) in [6.45, 7) is 4.40. The van der Waals surface area contributed by atoms with E-state index in [-0.39, 0.29) is 18.5 Å². The Hall–Kier alpha value is -1.06. The molecule has 4 nitrogen and oxygen atoms in total. The molecule has 4 heteroatoms. The number of unbranched alkanes of at least 4 members (excludes halogenated alkanes) is 21. The molecular formula is C33H64O4. The van der Waals surface area contributed by atoms with Crippen LogP contribution in [0.1, 0.15) is 194 Å². The summed E-state index contributed by atoms with van der Waals surface area (Å²) in [6.07, 6.45) is 33.3. The maximum absolute atomic E-state index is 12.2. The number of rotatable bonds is 30. The lowest BCUT2D eigenvalue weighted by atomic mass is 10.0. The van der Waals surface area contributed by atoms with Crippen LogP contribution >= 0.6 is 0 Å². The van der Waals surface area contributed by atoms with Gasteiger partial charge in [-0.2, -0.15) is 0 Å². The van der Waals surface area contributed by atoms with Gasteiger partial charge in [0.1, 0.15) is 6.10 Å². The zero-order valence-corrected chi connectivity index (χ0v) is 25.0. The Labute approximate surface area is 231 Å². The Kier molecular flexibility index (Phi) is 28.7. The standard InChI is InChI=1S/C33H64O4/c1-3-5-6-7-8-9-10-11-12-13-14-15-16-17-18-19-20-21-22-26-30-33(36)37-31(27-4-2)28-24-23-25-29-32(34)35/h31H,3-30H2,1-2H3,(H,34,35). The van der Waals surface area contributed by atoms with Crippen LogP contribution in [0.2, 0.25) is 0 Å². The molecule has 220 valence electrons. The van der Waals surface area contributed by atoms with Gasteiger partial charge in [0.05, 0.1) is 0 Å². The summed E-state index contributed by atoms with van der Waals surface area (Å²) in [5.41, 5.74) is 0. The maximum Gasteiger partial charge on any atom is 0.306 e. The number of ether oxygens (including phenoxy) is 1. The van der Waals surface area contributed by atoms with E-state index in [0.717, 1.165) is 44.9 Å². The molecule has 0 amide bonds. The molecule has 0 aromatic rings. The molecule has 0 saturated heterocycles. The van der Waals surface area contributed by atoms with Gasteiger partial charge in [-0.1, -0.05) is 149 Å². The van der Waals surface area contributed by atoms with Crippen LogP contribution in [0.25, 0.3) is 0 Å². The highest BCUT2D eigenvalue weighted by molar-refractivity contribution is 5.69. The molecule has 1 unspecified atom stereocenters. The largest absolute Gasteiger partial charge is 0.481 e. The van der Waals surface area contributed by atoms with Crippen molar-refractivity contribution >= 4 is 11.9 Å². The molecule has 1 N–H and O–H groups in total. The lowest BCUT2D eigenvalue weighted by Crippen LogP contribution is -2.18. The molecule has 0 spiro atoms. The van der Waals surface area contributed by atoms with Crippen molar-refractivity contribution < 1.29 is 19.4 Å². The van der Waals surface area contributed by atoms with Crippen LogP contribution in [0.15, 0.2) is 0 Å². The summed E-state index contributed by atoms with van der Waals surface area (Å²) < 4.78 is 5.70. The highest BCUT2D eigenvalue weighted by Crippen LogP contribution is 2.17. The zero-order chi connectivity index (χ0) is 27.2. The summed E-state index contributed by atoms with van der Waals surface area (Å²) in [5, 5.41) is 8.71. The van der Waals surface area contributed by atoms with Crippen molar-refractivity contribution in [2.24, 2.45) is 0 Å². The first kappa shape index (κ1) is 35.9. The molecule has 0 aliphatic heterocycles. The van der Waals surface area contributed by atoms with Crippen LogP contribution in [0.3, 0.4) is 0 Å². The minimum absolute atomic E-state index is 0.00688. The van der Waals surface area contributed by atoms with E-state index in [1.165, 1.54) is 116 Å². The van der Waals surface area contributed by atoms with Crippen molar-refractivity contribution in [3.05, 3.63) is 0 Å². The summed E-state index contributed by atoms with van der Waals surface area (Å²) in [6, 6.07) is 0. The van der Waals surface area contributed by atoms with E-state index in [1.54, 1.807) is 0 Å². The summed E-state index contributed by atoms with van der Waals surface area (Å²) >= 11 is 0. The van der Waals surface area contributed by atoms with E-state index < -0.39 is 5.97 Å². The quantitative estimate of drug-likeness (QED) is 0.0749. The number of hydrogen-bond acceptors (Lipinski definition) is 3. The van der Waals surface area contributed by atoms with Crippen LogP contribution in [-0.4, -0.2) is 23.1 Å².